The van der Waals surface area contributed by atoms with Gasteiger partial charge in [-0.05, 0) is 50.8 Å². The summed E-state index contributed by atoms with van der Waals surface area (Å²) in [5.41, 5.74) is 1.86. The number of hydrogen-bond donors (Lipinski definition) is 1. The van der Waals surface area contributed by atoms with Gasteiger partial charge in [-0.3, -0.25) is 4.40 Å². The molecule has 0 aliphatic carbocycles. The molecule has 0 radical (unpaired) electrons. The SMILES string of the molecule is Cc1ccn2c(NC(C)(C)CC(C)(C)C)c(-c3ccco3)nc2n1.Cl. The average molecular weight is 363 g/mol. The molecule has 0 unspecified atom stereocenters. The van der Waals surface area contributed by atoms with Crippen molar-refractivity contribution in [2.75, 3.05) is 5.32 Å². The third-order valence-electron chi connectivity index (χ3n) is 3.82. The zero-order valence-corrected chi connectivity index (χ0v) is 16.6. The standard InChI is InChI=1S/C19H26N4O.ClH/c1-13-9-10-23-16(22-19(5,6)12-18(2,3)4)15(21-17(23)20-13)14-8-7-11-24-14;/h7-11,22H,12H2,1-6H3;1H. The van der Waals surface area contributed by atoms with Gasteiger partial charge in [-0.1, -0.05) is 20.8 Å². The van der Waals surface area contributed by atoms with Crippen LogP contribution in [0, 0.1) is 12.3 Å². The van der Waals surface area contributed by atoms with E-state index < -0.39 is 0 Å². The lowest BCUT2D eigenvalue weighted by atomic mass is 9.82. The molecule has 3 aromatic heterocycles. The van der Waals surface area contributed by atoms with Gasteiger partial charge in [0.15, 0.2) is 11.5 Å². The summed E-state index contributed by atoms with van der Waals surface area (Å²) in [7, 11) is 0. The van der Waals surface area contributed by atoms with Crippen molar-refractivity contribution in [3.05, 3.63) is 36.4 Å². The molecule has 1 N–H and O–H groups in total. The molecule has 136 valence electrons. The van der Waals surface area contributed by atoms with Crippen LogP contribution in [0.3, 0.4) is 0 Å². The van der Waals surface area contributed by atoms with Crippen molar-refractivity contribution in [2.24, 2.45) is 5.41 Å². The largest absolute Gasteiger partial charge is 0.463 e. The molecule has 0 saturated carbocycles. The minimum atomic E-state index is -0.0968. The van der Waals surface area contributed by atoms with Crippen LogP contribution in [-0.4, -0.2) is 19.9 Å². The first-order chi connectivity index (χ1) is 11.1. The van der Waals surface area contributed by atoms with Crippen LogP contribution in [0.2, 0.25) is 0 Å². The average Bonchev–Trinajstić information content (AvgIpc) is 3.03. The van der Waals surface area contributed by atoms with Crippen LogP contribution in [0.5, 0.6) is 0 Å². The van der Waals surface area contributed by atoms with Crippen molar-refractivity contribution in [1.29, 1.82) is 0 Å². The molecule has 0 aliphatic rings. The number of rotatable bonds is 4. The number of fused-ring (bicyclic) bond motifs is 1. The number of aryl methyl sites for hydroxylation is 1. The van der Waals surface area contributed by atoms with E-state index in [1.165, 1.54) is 0 Å². The van der Waals surface area contributed by atoms with Gasteiger partial charge in [0.25, 0.3) is 0 Å². The van der Waals surface area contributed by atoms with Crippen molar-refractivity contribution in [2.45, 2.75) is 53.5 Å². The fraction of sp³-hybridized carbons (Fsp3) is 0.474. The highest BCUT2D eigenvalue weighted by molar-refractivity contribution is 5.85. The smallest absolute Gasteiger partial charge is 0.236 e. The summed E-state index contributed by atoms with van der Waals surface area (Å²) in [6, 6.07) is 5.79. The maximum absolute atomic E-state index is 5.59. The first kappa shape index (κ1) is 19.3. The second-order valence-electron chi connectivity index (χ2n) is 8.27. The van der Waals surface area contributed by atoms with E-state index in [-0.39, 0.29) is 23.4 Å². The van der Waals surface area contributed by atoms with Crippen LogP contribution >= 0.6 is 12.4 Å². The monoisotopic (exact) mass is 362 g/mol. The maximum Gasteiger partial charge on any atom is 0.236 e. The third kappa shape index (κ3) is 4.34. The second kappa shape index (κ2) is 6.71. The normalized spacial score (nSPS) is 12.2. The van der Waals surface area contributed by atoms with Gasteiger partial charge in [-0.2, -0.15) is 0 Å². The first-order valence-corrected chi connectivity index (χ1v) is 8.32. The van der Waals surface area contributed by atoms with E-state index in [2.05, 4.69) is 44.9 Å². The van der Waals surface area contributed by atoms with E-state index in [0.717, 1.165) is 29.4 Å². The Morgan fingerprint density at radius 1 is 1.12 bits per heavy atom. The van der Waals surface area contributed by atoms with Crippen LogP contribution in [0.1, 0.15) is 46.7 Å². The summed E-state index contributed by atoms with van der Waals surface area (Å²) in [4.78, 5) is 9.23. The molecule has 3 aromatic rings. The minimum Gasteiger partial charge on any atom is -0.463 e. The van der Waals surface area contributed by atoms with E-state index in [9.17, 15) is 0 Å². The number of nitrogens with zero attached hydrogens (tertiary/aromatic N) is 3. The highest BCUT2D eigenvalue weighted by atomic mass is 35.5. The molecule has 3 heterocycles. The molecule has 0 amide bonds. The number of anilines is 1. The van der Waals surface area contributed by atoms with Crippen molar-refractivity contribution < 1.29 is 4.42 Å². The lowest BCUT2D eigenvalue weighted by Gasteiger charge is -2.34. The van der Waals surface area contributed by atoms with Gasteiger partial charge in [0.1, 0.15) is 5.82 Å². The number of hydrogen-bond acceptors (Lipinski definition) is 4. The fourth-order valence-electron chi connectivity index (χ4n) is 3.41. The Labute approximate surface area is 155 Å². The Bertz CT molecular complexity index is 844. The van der Waals surface area contributed by atoms with E-state index in [1.54, 1.807) is 6.26 Å². The van der Waals surface area contributed by atoms with Crippen molar-refractivity contribution in [3.8, 4) is 11.5 Å². The molecule has 6 heteroatoms. The molecular weight excluding hydrogens is 336 g/mol. The van der Waals surface area contributed by atoms with Crippen molar-refractivity contribution in [3.63, 3.8) is 0 Å². The quantitative estimate of drug-likeness (QED) is 0.680. The lowest BCUT2D eigenvalue weighted by molar-refractivity contribution is 0.302. The van der Waals surface area contributed by atoms with E-state index in [4.69, 9.17) is 9.40 Å². The number of furan rings is 1. The van der Waals surface area contributed by atoms with Gasteiger partial charge >= 0.3 is 0 Å². The molecule has 0 atom stereocenters. The van der Waals surface area contributed by atoms with Crippen LogP contribution in [0.25, 0.3) is 17.2 Å². The summed E-state index contributed by atoms with van der Waals surface area (Å²) in [6.45, 7) is 13.2. The Balaban J connectivity index is 0.00000225. The van der Waals surface area contributed by atoms with E-state index in [1.807, 2.05) is 35.7 Å². The van der Waals surface area contributed by atoms with Gasteiger partial charge in [0.2, 0.25) is 5.78 Å². The Kier molecular flexibility index (Phi) is 5.19. The van der Waals surface area contributed by atoms with Crippen molar-refractivity contribution >= 4 is 24.0 Å². The Morgan fingerprint density at radius 3 is 2.44 bits per heavy atom. The van der Waals surface area contributed by atoms with Gasteiger partial charge < -0.3 is 9.73 Å². The highest BCUT2D eigenvalue weighted by Gasteiger charge is 2.28. The number of aromatic nitrogens is 3. The summed E-state index contributed by atoms with van der Waals surface area (Å²) in [6.07, 6.45) is 4.69. The maximum atomic E-state index is 5.59. The topological polar surface area (TPSA) is 55.4 Å². The number of imidazole rings is 1. The summed E-state index contributed by atoms with van der Waals surface area (Å²) in [5.74, 6) is 2.34. The minimum absolute atomic E-state index is 0. The molecule has 25 heavy (non-hydrogen) atoms. The van der Waals surface area contributed by atoms with Crippen LogP contribution in [0.4, 0.5) is 5.82 Å². The molecule has 0 saturated heterocycles. The van der Waals surface area contributed by atoms with Gasteiger partial charge in [0, 0.05) is 17.4 Å². The number of nitrogens with one attached hydrogen (secondary N) is 1. The van der Waals surface area contributed by atoms with Crippen LogP contribution in [-0.2, 0) is 0 Å². The molecule has 0 fully saturated rings. The molecular formula is C19H27ClN4O. The summed E-state index contributed by atoms with van der Waals surface area (Å²) >= 11 is 0. The summed E-state index contributed by atoms with van der Waals surface area (Å²) in [5, 5.41) is 3.67. The lowest BCUT2D eigenvalue weighted by Crippen LogP contribution is -2.36. The Hall–Kier alpha value is -2.01. The molecule has 0 spiro atoms. The second-order valence-corrected chi connectivity index (χ2v) is 8.27. The Morgan fingerprint density at radius 2 is 1.84 bits per heavy atom. The summed E-state index contributed by atoms with van der Waals surface area (Å²) < 4.78 is 7.59. The van der Waals surface area contributed by atoms with Crippen LogP contribution < -0.4 is 5.32 Å². The zero-order chi connectivity index (χ0) is 17.5. The molecule has 5 nitrogen and oxygen atoms in total. The van der Waals surface area contributed by atoms with Crippen molar-refractivity contribution in [1.82, 2.24) is 14.4 Å². The molecule has 0 bridgehead atoms. The highest BCUT2D eigenvalue weighted by Crippen LogP contribution is 2.34. The number of halogens is 1. The van der Waals surface area contributed by atoms with Gasteiger partial charge in [-0.15, -0.1) is 12.4 Å². The van der Waals surface area contributed by atoms with Gasteiger partial charge in [0.05, 0.1) is 6.26 Å². The molecule has 0 aromatic carbocycles. The molecule has 3 rings (SSSR count). The predicted octanol–water partition coefficient (Wildman–Crippen LogP) is 5.35. The predicted molar refractivity (Wildman–Crippen MR) is 104 cm³/mol. The van der Waals surface area contributed by atoms with Gasteiger partial charge in [-0.25, -0.2) is 9.97 Å². The van der Waals surface area contributed by atoms with E-state index in [0.29, 0.717) is 5.78 Å². The van der Waals surface area contributed by atoms with E-state index >= 15 is 0 Å². The van der Waals surface area contributed by atoms with Crippen LogP contribution in [0.15, 0.2) is 35.1 Å². The zero-order valence-electron chi connectivity index (χ0n) is 15.8. The first-order valence-electron chi connectivity index (χ1n) is 8.32. The fourth-order valence-corrected chi connectivity index (χ4v) is 3.41. The third-order valence-corrected chi connectivity index (χ3v) is 3.82. The molecule has 0 aliphatic heterocycles.